The number of carbonyl (C=O) groups is 1. The van der Waals surface area contributed by atoms with Crippen molar-refractivity contribution < 1.29 is 18.0 Å². The van der Waals surface area contributed by atoms with Crippen LogP contribution in [0.1, 0.15) is 30.9 Å². The van der Waals surface area contributed by atoms with Crippen LogP contribution < -0.4 is 0 Å². The molecule has 4 rings (SSSR count). The molecule has 30 heavy (non-hydrogen) atoms. The standard InChI is InChI=1S/C22H19F3N4O/c1-14(3-2-8-28-13-26-19-12-16(23)4-5-21(19)28)22(30)29-20(6-7-27-29)15-9-17(24)11-18(25)10-15/h4-5,7,9-13,20H,1-3,6,8H2. The van der Waals surface area contributed by atoms with Crippen LogP contribution in [0.3, 0.4) is 0 Å². The van der Waals surface area contributed by atoms with E-state index in [0.29, 0.717) is 42.5 Å². The van der Waals surface area contributed by atoms with Crippen molar-refractivity contribution in [1.82, 2.24) is 14.6 Å². The average molecular weight is 412 g/mol. The van der Waals surface area contributed by atoms with Crippen LogP contribution in [0.5, 0.6) is 0 Å². The van der Waals surface area contributed by atoms with E-state index in [2.05, 4.69) is 16.7 Å². The van der Waals surface area contributed by atoms with Crippen LogP contribution >= 0.6 is 0 Å². The van der Waals surface area contributed by atoms with Gasteiger partial charge in [-0.1, -0.05) is 6.58 Å². The van der Waals surface area contributed by atoms with E-state index in [1.54, 1.807) is 18.6 Å². The normalized spacial score (nSPS) is 15.8. The third-order valence-electron chi connectivity index (χ3n) is 5.07. The Labute approximate surface area is 171 Å². The lowest BCUT2D eigenvalue weighted by atomic mass is 10.0. The minimum atomic E-state index is -0.699. The lowest BCUT2D eigenvalue weighted by molar-refractivity contribution is -0.129. The van der Waals surface area contributed by atoms with E-state index in [9.17, 15) is 18.0 Å². The number of aromatic nitrogens is 2. The van der Waals surface area contributed by atoms with Gasteiger partial charge in [0.1, 0.15) is 17.5 Å². The first-order chi connectivity index (χ1) is 14.4. The fraction of sp³-hybridized carbons (Fsp3) is 0.227. The summed E-state index contributed by atoms with van der Waals surface area (Å²) in [5.41, 5.74) is 2.09. The van der Waals surface area contributed by atoms with Gasteiger partial charge in [0.2, 0.25) is 0 Å². The summed E-state index contributed by atoms with van der Waals surface area (Å²) in [5, 5.41) is 5.31. The molecule has 1 aliphatic heterocycles. The van der Waals surface area contributed by atoms with Crippen LogP contribution in [-0.4, -0.2) is 26.7 Å². The van der Waals surface area contributed by atoms with Gasteiger partial charge < -0.3 is 4.57 Å². The molecule has 154 valence electrons. The molecule has 0 bridgehead atoms. The SMILES string of the molecule is C=C(CCCn1cnc2cc(F)ccc21)C(=O)N1N=CCC1c1cc(F)cc(F)c1. The molecule has 0 saturated carbocycles. The van der Waals surface area contributed by atoms with Crippen LogP contribution in [0, 0.1) is 17.5 Å². The first kappa shape index (κ1) is 19.9. The van der Waals surface area contributed by atoms with Gasteiger partial charge in [0.15, 0.2) is 0 Å². The number of rotatable bonds is 6. The second kappa shape index (κ2) is 8.14. The summed E-state index contributed by atoms with van der Waals surface area (Å²) >= 11 is 0. The van der Waals surface area contributed by atoms with Crippen LogP contribution in [0.2, 0.25) is 0 Å². The highest BCUT2D eigenvalue weighted by Gasteiger charge is 2.30. The number of fused-ring (bicyclic) bond motifs is 1. The van der Waals surface area contributed by atoms with Crippen LogP contribution in [-0.2, 0) is 11.3 Å². The number of aryl methyl sites for hydroxylation is 1. The van der Waals surface area contributed by atoms with Gasteiger partial charge in [0.05, 0.1) is 23.4 Å². The first-order valence-electron chi connectivity index (χ1n) is 9.52. The predicted octanol–water partition coefficient (Wildman–Crippen LogP) is 4.75. The molecule has 1 aromatic heterocycles. The number of amides is 1. The molecule has 8 heteroatoms. The fourth-order valence-corrected chi connectivity index (χ4v) is 3.60. The quantitative estimate of drug-likeness (QED) is 0.549. The summed E-state index contributed by atoms with van der Waals surface area (Å²) in [7, 11) is 0. The number of benzene rings is 2. The van der Waals surface area contributed by atoms with E-state index >= 15 is 0 Å². The topological polar surface area (TPSA) is 50.5 Å². The van der Waals surface area contributed by atoms with Crippen LogP contribution in [0.15, 0.2) is 60.0 Å². The van der Waals surface area contributed by atoms with E-state index in [-0.39, 0.29) is 11.7 Å². The predicted molar refractivity (Wildman–Crippen MR) is 107 cm³/mol. The zero-order valence-electron chi connectivity index (χ0n) is 16.1. The van der Waals surface area contributed by atoms with E-state index in [4.69, 9.17) is 0 Å². The summed E-state index contributed by atoms with van der Waals surface area (Å²) in [5.74, 6) is -2.12. The second-order valence-corrected chi connectivity index (χ2v) is 7.18. The van der Waals surface area contributed by atoms with Crippen molar-refractivity contribution in [3.8, 4) is 0 Å². The number of hydrazone groups is 1. The summed E-state index contributed by atoms with van der Waals surface area (Å²) in [6.45, 7) is 4.45. The highest BCUT2D eigenvalue weighted by Crippen LogP contribution is 2.31. The molecule has 2 heterocycles. The maximum absolute atomic E-state index is 13.6. The van der Waals surface area contributed by atoms with E-state index in [1.807, 2.05) is 4.57 Å². The molecule has 0 radical (unpaired) electrons. The summed E-state index contributed by atoms with van der Waals surface area (Å²) in [6, 6.07) is 7.06. The minimum Gasteiger partial charge on any atom is -0.331 e. The van der Waals surface area contributed by atoms with Gasteiger partial charge in [-0.15, -0.1) is 0 Å². The Bertz CT molecular complexity index is 1130. The third kappa shape index (κ3) is 3.98. The van der Waals surface area contributed by atoms with Crippen molar-refractivity contribution in [3.05, 3.63) is 77.9 Å². The Morgan fingerprint density at radius 3 is 2.63 bits per heavy atom. The molecule has 0 N–H and O–H groups in total. The highest BCUT2D eigenvalue weighted by atomic mass is 19.1. The average Bonchev–Trinajstić information content (AvgIpc) is 3.33. The Morgan fingerprint density at radius 2 is 1.87 bits per heavy atom. The molecule has 2 aromatic carbocycles. The maximum atomic E-state index is 13.6. The Hall–Kier alpha value is -3.42. The smallest absolute Gasteiger partial charge is 0.269 e. The molecule has 0 spiro atoms. The zero-order valence-corrected chi connectivity index (χ0v) is 16.1. The molecule has 0 aliphatic carbocycles. The third-order valence-corrected chi connectivity index (χ3v) is 5.07. The van der Waals surface area contributed by atoms with Gasteiger partial charge in [-0.2, -0.15) is 5.10 Å². The number of hydrogen-bond acceptors (Lipinski definition) is 3. The number of carbonyl (C=O) groups excluding carboxylic acids is 1. The Balaban J connectivity index is 1.39. The number of imidazole rings is 1. The number of halogens is 3. The monoisotopic (exact) mass is 412 g/mol. The Kier molecular flexibility index (Phi) is 5.39. The van der Waals surface area contributed by atoms with Crippen molar-refractivity contribution in [2.24, 2.45) is 5.10 Å². The Morgan fingerprint density at radius 1 is 1.10 bits per heavy atom. The summed E-state index contributed by atoms with van der Waals surface area (Å²) < 4.78 is 42.3. The second-order valence-electron chi connectivity index (χ2n) is 7.18. The molecule has 3 aromatic rings. The number of nitrogens with zero attached hydrogens (tertiary/aromatic N) is 4. The molecular weight excluding hydrogens is 393 g/mol. The molecule has 1 atom stereocenters. The minimum absolute atomic E-state index is 0.342. The molecule has 1 amide bonds. The van der Waals surface area contributed by atoms with E-state index in [0.717, 1.165) is 11.6 Å². The summed E-state index contributed by atoms with van der Waals surface area (Å²) in [4.78, 5) is 17.0. The number of hydrogen-bond donors (Lipinski definition) is 0. The molecular formula is C22H19F3N4O. The zero-order chi connectivity index (χ0) is 21.3. The van der Waals surface area contributed by atoms with Gasteiger partial charge in [-0.25, -0.2) is 23.2 Å². The fourth-order valence-electron chi connectivity index (χ4n) is 3.60. The van der Waals surface area contributed by atoms with Gasteiger partial charge in [-0.3, -0.25) is 4.79 Å². The van der Waals surface area contributed by atoms with Crippen molar-refractivity contribution in [3.63, 3.8) is 0 Å². The maximum Gasteiger partial charge on any atom is 0.269 e. The first-order valence-corrected chi connectivity index (χ1v) is 9.52. The largest absolute Gasteiger partial charge is 0.331 e. The summed E-state index contributed by atoms with van der Waals surface area (Å²) in [6.07, 6.45) is 4.59. The van der Waals surface area contributed by atoms with Gasteiger partial charge in [0.25, 0.3) is 5.91 Å². The molecule has 5 nitrogen and oxygen atoms in total. The molecule has 1 aliphatic rings. The van der Waals surface area contributed by atoms with Crippen molar-refractivity contribution in [1.29, 1.82) is 0 Å². The van der Waals surface area contributed by atoms with Crippen LogP contribution in [0.25, 0.3) is 11.0 Å². The lowest BCUT2D eigenvalue weighted by Crippen LogP contribution is -2.28. The van der Waals surface area contributed by atoms with E-state index < -0.39 is 17.7 Å². The van der Waals surface area contributed by atoms with Gasteiger partial charge in [-0.05, 0) is 42.7 Å². The van der Waals surface area contributed by atoms with Crippen LogP contribution in [0.4, 0.5) is 13.2 Å². The molecule has 0 saturated heterocycles. The van der Waals surface area contributed by atoms with E-state index in [1.165, 1.54) is 29.3 Å². The highest BCUT2D eigenvalue weighted by molar-refractivity contribution is 5.94. The van der Waals surface area contributed by atoms with Gasteiger partial charge >= 0.3 is 0 Å². The molecule has 0 fully saturated rings. The molecule has 1 unspecified atom stereocenters. The lowest BCUT2D eigenvalue weighted by Gasteiger charge is -2.23. The van der Waals surface area contributed by atoms with Crippen molar-refractivity contribution in [2.45, 2.75) is 31.8 Å². The van der Waals surface area contributed by atoms with Gasteiger partial charge in [0, 0.05) is 36.9 Å². The van der Waals surface area contributed by atoms with Crippen molar-refractivity contribution in [2.75, 3.05) is 0 Å². The van der Waals surface area contributed by atoms with Crippen molar-refractivity contribution >= 4 is 23.2 Å².